The maximum atomic E-state index is 12.1. The molecule has 0 amide bonds. The van der Waals surface area contributed by atoms with Crippen LogP contribution in [0.15, 0.2) is 18.2 Å². The molecule has 0 heterocycles. The molecular formula is C16H25NO2. The molecule has 0 saturated heterocycles. The Labute approximate surface area is 116 Å². The molecule has 0 radical (unpaired) electrons. The highest BCUT2D eigenvalue weighted by molar-refractivity contribution is 6.01. The number of benzene rings is 1. The summed E-state index contributed by atoms with van der Waals surface area (Å²) in [5.74, 6) is 0.695. The molecule has 3 heteroatoms. The van der Waals surface area contributed by atoms with Crippen LogP contribution in [0.4, 0.5) is 5.69 Å². The molecule has 0 saturated carbocycles. The van der Waals surface area contributed by atoms with Crippen molar-refractivity contribution in [2.75, 3.05) is 12.8 Å². The Hall–Kier alpha value is -1.51. The van der Waals surface area contributed by atoms with E-state index in [1.807, 2.05) is 6.07 Å². The topological polar surface area (TPSA) is 52.3 Å². The van der Waals surface area contributed by atoms with Gasteiger partial charge in [0.15, 0.2) is 5.78 Å². The van der Waals surface area contributed by atoms with E-state index in [0.29, 0.717) is 23.4 Å². The van der Waals surface area contributed by atoms with Gasteiger partial charge in [-0.15, -0.1) is 0 Å². The first-order chi connectivity index (χ1) is 9.20. The Balaban J connectivity index is 2.41. The lowest BCUT2D eigenvalue weighted by atomic mass is 10.0. The summed E-state index contributed by atoms with van der Waals surface area (Å²) < 4.78 is 5.13. The van der Waals surface area contributed by atoms with Gasteiger partial charge in [-0.25, -0.2) is 0 Å². The van der Waals surface area contributed by atoms with Crippen molar-refractivity contribution in [3.05, 3.63) is 23.8 Å². The Kier molecular flexibility index (Phi) is 7.01. The number of ketones is 1. The number of unbranched alkanes of at least 4 members (excludes halogenated alkanes) is 5. The van der Waals surface area contributed by atoms with E-state index in [-0.39, 0.29) is 5.78 Å². The zero-order chi connectivity index (χ0) is 14.1. The average molecular weight is 263 g/mol. The van der Waals surface area contributed by atoms with Crippen molar-refractivity contribution < 1.29 is 9.53 Å². The van der Waals surface area contributed by atoms with Crippen LogP contribution in [0.5, 0.6) is 5.75 Å². The summed E-state index contributed by atoms with van der Waals surface area (Å²) in [7, 11) is 1.56. The lowest BCUT2D eigenvalue weighted by molar-refractivity contribution is 0.0979. The smallest absolute Gasteiger partial charge is 0.165 e. The largest absolute Gasteiger partial charge is 0.495 e. The van der Waals surface area contributed by atoms with Crippen LogP contribution in [0.3, 0.4) is 0 Å². The van der Waals surface area contributed by atoms with E-state index in [1.54, 1.807) is 19.2 Å². The number of ether oxygens (including phenoxy) is 1. The van der Waals surface area contributed by atoms with E-state index in [9.17, 15) is 4.79 Å². The van der Waals surface area contributed by atoms with E-state index in [1.165, 1.54) is 25.7 Å². The van der Waals surface area contributed by atoms with Crippen LogP contribution in [0, 0.1) is 0 Å². The van der Waals surface area contributed by atoms with Crippen LogP contribution >= 0.6 is 0 Å². The summed E-state index contributed by atoms with van der Waals surface area (Å²) in [6.07, 6.45) is 7.66. The molecule has 0 unspecified atom stereocenters. The maximum absolute atomic E-state index is 12.1. The lowest BCUT2D eigenvalue weighted by Gasteiger charge is -2.09. The van der Waals surface area contributed by atoms with Gasteiger partial charge in [0, 0.05) is 12.0 Å². The average Bonchev–Trinajstić information content (AvgIpc) is 2.42. The van der Waals surface area contributed by atoms with E-state index >= 15 is 0 Å². The van der Waals surface area contributed by atoms with Gasteiger partial charge >= 0.3 is 0 Å². The van der Waals surface area contributed by atoms with Crippen molar-refractivity contribution >= 4 is 11.5 Å². The third-order valence-electron chi connectivity index (χ3n) is 3.34. The molecule has 0 aliphatic heterocycles. The molecule has 1 aromatic carbocycles. The van der Waals surface area contributed by atoms with Crippen LogP contribution in [0.2, 0.25) is 0 Å². The number of nitrogen functional groups attached to an aromatic ring is 1. The molecule has 1 aromatic rings. The minimum atomic E-state index is 0.117. The van der Waals surface area contributed by atoms with Gasteiger partial charge in [0.25, 0.3) is 0 Å². The minimum Gasteiger partial charge on any atom is -0.495 e. The van der Waals surface area contributed by atoms with Gasteiger partial charge in [-0.1, -0.05) is 45.1 Å². The van der Waals surface area contributed by atoms with Crippen molar-refractivity contribution in [3.63, 3.8) is 0 Å². The second-order valence-corrected chi connectivity index (χ2v) is 4.86. The lowest BCUT2D eigenvalue weighted by Crippen LogP contribution is -2.05. The third-order valence-corrected chi connectivity index (χ3v) is 3.34. The SMILES string of the molecule is CCCCCCCCC(=O)c1cccc(OC)c1N. The first kappa shape index (κ1) is 15.5. The fourth-order valence-corrected chi connectivity index (χ4v) is 2.17. The first-order valence-corrected chi connectivity index (χ1v) is 7.16. The van der Waals surface area contributed by atoms with E-state index in [2.05, 4.69) is 6.92 Å². The standard InChI is InChI=1S/C16H25NO2/c1-3-4-5-6-7-8-11-14(18)13-10-9-12-15(19-2)16(13)17/h9-10,12H,3-8,11,17H2,1-2H3. The first-order valence-electron chi connectivity index (χ1n) is 7.16. The van der Waals surface area contributed by atoms with Gasteiger partial charge in [-0.3, -0.25) is 4.79 Å². The predicted octanol–water partition coefficient (Wildman–Crippen LogP) is 4.21. The van der Waals surface area contributed by atoms with Crippen molar-refractivity contribution in [2.24, 2.45) is 0 Å². The van der Waals surface area contributed by atoms with Crippen molar-refractivity contribution in [1.29, 1.82) is 0 Å². The van der Waals surface area contributed by atoms with Gasteiger partial charge in [0.05, 0.1) is 12.8 Å². The minimum absolute atomic E-state index is 0.117. The number of methoxy groups -OCH3 is 1. The molecule has 2 N–H and O–H groups in total. The Morgan fingerprint density at radius 2 is 1.84 bits per heavy atom. The molecule has 0 atom stereocenters. The summed E-state index contributed by atoms with van der Waals surface area (Å²) in [6.45, 7) is 2.20. The fraction of sp³-hybridized carbons (Fsp3) is 0.562. The molecule has 19 heavy (non-hydrogen) atoms. The molecule has 1 rings (SSSR count). The van der Waals surface area contributed by atoms with E-state index in [0.717, 1.165) is 12.8 Å². The van der Waals surface area contributed by atoms with Gasteiger partial charge < -0.3 is 10.5 Å². The molecule has 0 aliphatic carbocycles. The summed E-state index contributed by atoms with van der Waals surface area (Å²) >= 11 is 0. The van der Waals surface area contributed by atoms with Crippen LogP contribution in [0.25, 0.3) is 0 Å². The van der Waals surface area contributed by atoms with Crippen LogP contribution in [-0.2, 0) is 0 Å². The number of para-hydroxylation sites is 1. The number of hydrogen-bond donors (Lipinski definition) is 1. The molecule has 106 valence electrons. The highest BCUT2D eigenvalue weighted by Gasteiger charge is 2.12. The number of hydrogen-bond acceptors (Lipinski definition) is 3. The monoisotopic (exact) mass is 263 g/mol. The highest BCUT2D eigenvalue weighted by atomic mass is 16.5. The van der Waals surface area contributed by atoms with Gasteiger partial charge in [-0.05, 0) is 18.6 Å². The molecular weight excluding hydrogens is 238 g/mol. The quantitative estimate of drug-likeness (QED) is 0.412. The number of nitrogens with two attached hydrogens (primary N) is 1. The highest BCUT2D eigenvalue weighted by Crippen LogP contribution is 2.26. The van der Waals surface area contributed by atoms with Gasteiger partial charge in [0.2, 0.25) is 0 Å². The molecule has 0 fully saturated rings. The van der Waals surface area contributed by atoms with Crippen molar-refractivity contribution in [2.45, 2.75) is 51.9 Å². The van der Waals surface area contributed by atoms with Crippen LogP contribution < -0.4 is 10.5 Å². The summed E-state index contributed by atoms with van der Waals surface area (Å²) in [5, 5.41) is 0. The second kappa shape index (κ2) is 8.57. The summed E-state index contributed by atoms with van der Waals surface area (Å²) in [6, 6.07) is 5.36. The number of anilines is 1. The maximum Gasteiger partial charge on any atom is 0.165 e. The molecule has 0 aliphatic rings. The van der Waals surface area contributed by atoms with E-state index in [4.69, 9.17) is 10.5 Å². The number of rotatable bonds is 9. The van der Waals surface area contributed by atoms with E-state index < -0.39 is 0 Å². The van der Waals surface area contributed by atoms with Gasteiger partial charge in [0.1, 0.15) is 5.75 Å². The Morgan fingerprint density at radius 3 is 2.53 bits per heavy atom. The summed E-state index contributed by atoms with van der Waals surface area (Å²) in [5.41, 5.74) is 6.97. The molecule has 0 spiro atoms. The Bertz CT molecular complexity index is 402. The normalized spacial score (nSPS) is 10.4. The third kappa shape index (κ3) is 4.93. The summed E-state index contributed by atoms with van der Waals surface area (Å²) in [4.78, 5) is 12.1. The van der Waals surface area contributed by atoms with Crippen LogP contribution in [-0.4, -0.2) is 12.9 Å². The zero-order valence-corrected chi connectivity index (χ0v) is 12.1. The van der Waals surface area contributed by atoms with Gasteiger partial charge in [-0.2, -0.15) is 0 Å². The Morgan fingerprint density at radius 1 is 1.16 bits per heavy atom. The number of carbonyl (C=O) groups is 1. The van der Waals surface area contributed by atoms with Crippen molar-refractivity contribution in [1.82, 2.24) is 0 Å². The number of carbonyl (C=O) groups excluding carboxylic acids is 1. The molecule has 0 aromatic heterocycles. The van der Waals surface area contributed by atoms with Crippen LogP contribution in [0.1, 0.15) is 62.2 Å². The van der Waals surface area contributed by atoms with Crippen molar-refractivity contribution in [3.8, 4) is 5.75 Å². The second-order valence-electron chi connectivity index (χ2n) is 4.86. The molecule has 0 bridgehead atoms. The predicted molar refractivity (Wildman–Crippen MR) is 79.7 cm³/mol. The fourth-order valence-electron chi connectivity index (χ4n) is 2.17. The molecule has 3 nitrogen and oxygen atoms in total. The zero-order valence-electron chi connectivity index (χ0n) is 12.1. The number of Topliss-reactive ketones (excluding diaryl/α,β-unsaturated/α-hetero) is 1.